The van der Waals surface area contributed by atoms with E-state index in [0.717, 1.165) is 40.1 Å². The Kier molecular flexibility index (Phi) is 4.62. The van der Waals surface area contributed by atoms with E-state index in [-0.39, 0.29) is 17.5 Å². The van der Waals surface area contributed by atoms with Gasteiger partial charge in [-0.2, -0.15) is 0 Å². The summed E-state index contributed by atoms with van der Waals surface area (Å²) in [4.78, 5) is 36.9. The first-order valence-corrected chi connectivity index (χ1v) is 11.1. The molecule has 0 bridgehead atoms. The van der Waals surface area contributed by atoms with Crippen molar-refractivity contribution in [3.8, 4) is 0 Å². The maximum absolute atomic E-state index is 13.4. The van der Waals surface area contributed by atoms with Crippen molar-refractivity contribution >= 4 is 38.5 Å². The minimum absolute atomic E-state index is 0.00453. The first kappa shape index (κ1) is 18.9. The van der Waals surface area contributed by atoms with E-state index in [0.29, 0.717) is 23.3 Å². The molecule has 2 aromatic heterocycles. The SMILES string of the molecule is CCn1c(=O)c(C)nc2cc(C(=O)N3CCCC3c3nc4ccccc4s3)ccc21. The Bertz CT molecular complexity index is 1310. The van der Waals surface area contributed by atoms with E-state index in [1.165, 1.54) is 0 Å². The molecule has 5 rings (SSSR count). The number of aryl methyl sites for hydroxylation is 2. The zero-order valence-corrected chi connectivity index (χ0v) is 17.8. The third-order valence-electron chi connectivity index (χ3n) is 5.78. The molecular weight excluding hydrogens is 396 g/mol. The highest BCUT2D eigenvalue weighted by atomic mass is 32.1. The molecule has 0 spiro atoms. The minimum Gasteiger partial charge on any atom is -0.329 e. The van der Waals surface area contributed by atoms with Crippen LogP contribution in [0.2, 0.25) is 0 Å². The number of benzene rings is 2. The summed E-state index contributed by atoms with van der Waals surface area (Å²) in [6.45, 7) is 4.94. The van der Waals surface area contributed by atoms with Gasteiger partial charge in [0.25, 0.3) is 11.5 Å². The molecule has 0 N–H and O–H groups in total. The third kappa shape index (κ3) is 3.01. The van der Waals surface area contributed by atoms with Crippen LogP contribution in [0.5, 0.6) is 0 Å². The van der Waals surface area contributed by atoms with Crippen LogP contribution in [0.25, 0.3) is 21.3 Å². The standard InChI is InChI=1S/C23H22N4O2S/c1-3-26-18-11-10-15(13-17(18)24-14(2)22(26)28)23(29)27-12-6-8-19(27)21-25-16-7-4-5-9-20(16)30-21/h4-5,7,9-11,13,19H,3,6,8,12H2,1-2H3. The number of hydrogen-bond acceptors (Lipinski definition) is 5. The van der Waals surface area contributed by atoms with Crippen molar-refractivity contribution in [3.05, 3.63) is 69.1 Å². The van der Waals surface area contributed by atoms with Gasteiger partial charge < -0.3 is 9.47 Å². The van der Waals surface area contributed by atoms with E-state index in [1.54, 1.807) is 28.9 Å². The number of aromatic nitrogens is 3. The van der Waals surface area contributed by atoms with Crippen LogP contribution in [0.1, 0.15) is 46.9 Å². The monoisotopic (exact) mass is 418 g/mol. The molecule has 1 unspecified atom stereocenters. The molecule has 0 aliphatic carbocycles. The number of amides is 1. The van der Waals surface area contributed by atoms with Gasteiger partial charge in [0.15, 0.2) is 0 Å². The molecule has 152 valence electrons. The zero-order valence-electron chi connectivity index (χ0n) is 17.0. The molecule has 1 fully saturated rings. The van der Waals surface area contributed by atoms with E-state index in [1.807, 2.05) is 42.2 Å². The van der Waals surface area contributed by atoms with Gasteiger partial charge in [-0.25, -0.2) is 9.97 Å². The molecular formula is C23H22N4O2S. The lowest BCUT2D eigenvalue weighted by atomic mass is 10.1. The summed E-state index contributed by atoms with van der Waals surface area (Å²) in [5, 5.41) is 0.997. The van der Waals surface area contributed by atoms with E-state index in [4.69, 9.17) is 4.98 Å². The summed E-state index contributed by atoms with van der Waals surface area (Å²) in [5.74, 6) is -0.00708. The Morgan fingerprint density at radius 1 is 1.17 bits per heavy atom. The normalized spacial score (nSPS) is 16.6. The molecule has 0 radical (unpaired) electrons. The summed E-state index contributed by atoms with van der Waals surface area (Å²) >= 11 is 1.67. The highest BCUT2D eigenvalue weighted by molar-refractivity contribution is 7.18. The topological polar surface area (TPSA) is 68.1 Å². The lowest BCUT2D eigenvalue weighted by Gasteiger charge is -2.23. The molecule has 1 amide bonds. The highest BCUT2D eigenvalue weighted by Crippen LogP contribution is 2.37. The average molecular weight is 419 g/mol. The summed E-state index contributed by atoms with van der Waals surface area (Å²) in [7, 11) is 0. The van der Waals surface area contributed by atoms with Gasteiger partial charge in [-0.15, -0.1) is 11.3 Å². The van der Waals surface area contributed by atoms with Crippen LogP contribution in [0.4, 0.5) is 0 Å². The Balaban J connectivity index is 1.52. The van der Waals surface area contributed by atoms with E-state index in [2.05, 4.69) is 11.1 Å². The zero-order chi connectivity index (χ0) is 20.8. The lowest BCUT2D eigenvalue weighted by molar-refractivity contribution is 0.0735. The summed E-state index contributed by atoms with van der Waals surface area (Å²) in [6.07, 6.45) is 1.89. The number of rotatable bonds is 3. The van der Waals surface area contributed by atoms with Gasteiger partial charge in [0.05, 0.1) is 27.3 Å². The van der Waals surface area contributed by atoms with Crippen molar-refractivity contribution in [1.29, 1.82) is 0 Å². The van der Waals surface area contributed by atoms with Crippen molar-refractivity contribution in [2.75, 3.05) is 6.54 Å². The number of carbonyl (C=O) groups excluding carboxylic acids is 1. The first-order valence-electron chi connectivity index (χ1n) is 10.2. The Labute approximate surface area is 177 Å². The van der Waals surface area contributed by atoms with E-state index in [9.17, 15) is 9.59 Å². The van der Waals surface area contributed by atoms with Gasteiger partial charge >= 0.3 is 0 Å². The Hall–Kier alpha value is -3.06. The van der Waals surface area contributed by atoms with Gasteiger partial charge in [-0.3, -0.25) is 9.59 Å². The van der Waals surface area contributed by atoms with Crippen LogP contribution >= 0.6 is 11.3 Å². The number of thiazole rings is 1. The molecule has 7 heteroatoms. The van der Waals surface area contributed by atoms with Gasteiger partial charge in [-0.05, 0) is 57.0 Å². The molecule has 0 saturated carbocycles. The largest absolute Gasteiger partial charge is 0.329 e. The Morgan fingerprint density at radius 2 is 2.00 bits per heavy atom. The summed E-state index contributed by atoms with van der Waals surface area (Å²) < 4.78 is 2.85. The molecule has 1 aliphatic heterocycles. The number of carbonyl (C=O) groups is 1. The van der Waals surface area contributed by atoms with Crippen LogP contribution in [0, 0.1) is 6.92 Å². The van der Waals surface area contributed by atoms with Gasteiger partial charge in [0.1, 0.15) is 10.7 Å². The predicted octanol–water partition coefficient (Wildman–Crippen LogP) is 4.31. The fourth-order valence-corrected chi connectivity index (χ4v) is 5.40. The number of nitrogens with zero attached hydrogens (tertiary/aromatic N) is 4. The van der Waals surface area contributed by atoms with Crippen molar-refractivity contribution in [1.82, 2.24) is 19.4 Å². The van der Waals surface area contributed by atoms with Crippen molar-refractivity contribution < 1.29 is 4.79 Å². The van der Waals surface area contributed by atoms with Gasteiger partial charge in [-0.1, -0.05) is 12.1 Å². The van der Waals surface area contributed by atoms with Crippen molar-refractivity contribution in [3.63, 3.8) is 0 Å². The van der Waals surface area contributed by atoms with Crippen LogP contribution in [0.15, 0.2) is 47.3 Å². The maximum Gasteiger partial charge on any atom is 0.272 e. The van der Waals surface area contributed by atoms with Gasteiger partial charge in [0.2, 0.25) is 0 Å². The fourth-order valence-electron chi connectivity index (χ4n) is 4.29. The number of fused-ring (bicyclic) bond motifs is 2. The molecule has 30 heavy (non-hydrogen) atoms. The van der Waals surface area contributed by atoms with E-state index >= 15 is 0 Å². The van der Waals surface area contributed by atoms with Crippen molar-refractivity contribution in [2.45, 2.75) is 39.3 Å². The Morgan fingerprint density at radius 3 is 2.80 bits per heavy atom. The molecule has 1 aliphatic rings. The second-order valence-electron chi connectivity index (χ2n) is 7.63. The second-order valence-corrected chi connectivity index (χ2v) is 8.69. The van der Waals surface area contributed by atoms with Crippen LogP contribution in [0.3, 0.4) is 0 Å². The fraction of sp³-hybridized carbons (Fsp3) is 0.304. The lowest BCUT2D eigenvalue weighted by Crippen LogP contribution is -2.30. The van der Waals surface area contributed by atoms with Gasteiger partial charge in [0, 0.05) is 18.7 Å². The molecule has 4 aromatic rings. The minimum atomic E-state index is -0.0838. The molecule has 3 heterocycles. The smallest absolute Gasteiger partial charge is 0.272 e. The molecule has 1 saturated heterocycles. The summed E-state index contributed by atoms with van der Waals surface area (Å²) in [5.41, 5.74) is 3.38. The molecule has 6 nitrogen and oxygen atoms in total. The quantitative estimate of drug-likeness (QED) is 0.497. The third-order valence-corrected chi connectivity index (χ3v) is 6.92. The number of likely N-dealkylation sites (tertiary alicyclic amines) is 1. The van der Waals surface area contributed by atoms with Crippen LogP contribution < -0.4 is 5.56 Å². The highest BCUT2D eigenvalue weighted by Gasteiger charge is 2.33. The maximum atomic E-state index is 13.4. The van der Waals surface area contributed by atoms with Crippen molar-refractivity contribution in [2.24, 2.45) is 0 Å². The predicted molar refractivity (Wildman–Crippen MR) is 119 cm³/mol. The number of hydrogen-bond donors (Lipinski definition) is 0. The van der Waals surface area contributed by atoms with Crippen LogP contribution in [-0.4, -0.2) is 31.9 Å². The average Bonchev–Trinajstić information content (AvgIpc) is 3.40. The molecule has 2 aromatic carbocycles. The second kappa shape index (κ2) is 7.32. The van der Waals surface area contributed by atoms with E-state index < -0.39 is 0 Å². The molecule has 1 atom stereocenters. The number of para-hydroxylation sites is 1. The summed E-state index contributed by atoms with van der Waals surface area (Å²) in [6, 6.07) is 13.5. The first-order chi connectivity index (χ1) is 14.6. The van der Waals surface area contributed by atoms with Crippen LogP contribution in [-0.2, 0) is 6.54 Å².